The summed E-state index contributed by atoms with van der Waals surface area (Å²) in [4.78, 5) is 16.3. The molecule has 0 fully saturated rings. The molecular weight excluding hydrogens is 359 g/mol. The quantitative estimate of drug-likeness (QED) is 0.883. The molecule has 9 heteroatoms. The zero-order chi connectivity index (χ0) is 18.2. The largest absolute Gasteiger partial charge is 0.438 e. The maximum atomic E-state index is 13.5. The molecule has 1 atom stereocenters. The molecule has 1 aliphatic rings. The van der Waals surface area contributed by atoms with Crippen molar-refractivity contribution < 1.29 is 23.1 Å². The molecule has 1 aromatic carbocycles. The fraction of sp³-hybridized carbons (Fsp3) is 0.188. The summed E-state index contributed by atoms with van der Waals surface area (Å²) in [6.45, 7) is 0. The molecule has 0 saturated carbocycles. The molecule has 1 N–H and O–H groups in total. The van der Waals surface area contributed by atoms with Gasteiger partial charge in [0.15, 0.2) is 0 Å². The van der Waals surface area contributed by atoms with E-state index in [0.717, 1.165) is 0 Å². The molecule has 1 aromatic heterocycles. The Bertz CT molecular complexity index is 825. The second-order valence-corrected chi connectivity index (χ2v) is 5.84. The minimum Gasteiger partial charge on any atom is -0.362 e. The Morgan fingerprint density at radius 2 is 1.92 bits per heavy atom. The van der Waals surface area contributed by atoms with Crippen LogP contribution in [0.15, 0.2) is 53.9 Å². The van der Waals surface area contributed by atoms with Crippen LogP contribution in [0.1, 0.15) is 22.3 Å². The van der Waals surface area contributed by atoms with E-state index in [9.17, 15) is 23.1 Å². The van der Waals surface area contributed by atoms with Crippen molar-refractivity contribution in [2.45, 2.75) is 18.3 Å². The minimum atomic E-state index is -5.09. The fourth-order valence-corrected chi connectivity index (χ4v) is 2.51. The summed E-state index contributed by atoms with van der Waals surface area (Å²) in [6.07, 6.45) is -3.22. The number of hydrogen-bond acceptors (Lipinski definition) is 4. The average Bonchev–Trinajstić information content (AvgIpc) is 2.95. The highest BCUT2D eigenvalue weighted by molar-refractivity contribution is 6.30. The molecule has 1 aliphatic heterocycles. The van der Waals surface area contributed by atoms with Crippen LogP contribution >= 0.6 is 11.6 Å². The lowest BCUT2D eigenvalue weighted by Crippen LogP contribution is -2.56. The number of nitrogens with zero attached hydrogens (tertiary/aromatic N) is 3. The van der Waals surface area contributed by atoms with E-state index in [2.05, 4.69) is 10.1 Å². The Balaban J connectivity index is 2.04. The van der Waals surface area contributed by atoms with Gasteiger partial charge in [-0.2, -0.15) is 23.3 Å². The number of alkyl halides is 3. The molecular formula is C16H11ClF3N3O2. The van der Waals surface area contributed by atoms with E-state index in [0.29, 0.717) is 5.02 Å². The van der Waals surface area contributed by atoms with E-state index in [-0.39, 0.29) is 21.8 Å². The molecule has 0 saturated heterocycles. The summed E-state index contributed by atoms with van der Waals surface area (Å²) in [7, 11) is 0. The number of amides is 1. The van der Waals surface area contributed by atoms with Crippen molar-refractivity contribution in [2.75, 3.05) is 0 Å². The molecule has 1 amide bonds. The number of carbonyl (C=O) groups is 1. The fourth-order valence-electron chi connectivity index (χ4n) is 2.39. The number of aliphatic hydroxyl groups is 1. The first-order valence-electron chi connectivity index (χ1n) is 7.09. The maximum Gasteiger partial charge on any atom is 0.438 e. The summed E-state index contributed by atoms with van der Waals surface area (Å²) >= 11 is 5.72. The van der Waals surface area contributed by atoms with Crippen LogP contribution < -0.4 is 0 Å². The second-order valence-electron chi connectivity index (χ2n) is 5.40. The van der Waals surface area contributed by atoms with Gasteiger partial charge in [-0.15, -0.1) is 0 Å². The number of benzene rings is 1. The molecule has 2 heterocycles. The van der Waals surface area contributed by atoms with Crippen LogP contribution in [0, 0.1) is 0 Å². The zero-order valence-corrected chi connectivity index (χ0v) is 13.3. The van der Waals surface area contributed by atoms with Crippen LogP contribution in [0.25, 0.3) is 0 Å². The molecule has 5 nitrogen and oxygen atoms in total. The van der Waals surface area contributed by atoms with Gasteiger partial charge in [-0.25, -0.2) is 0 Å². The third-order valence-electron chi connectivity index (χ3n) is 3.72. The van der Waals surface area contributed by atoms with Gasteiger partial charge >= 0.3 is 6.18 Å². The average molecular weight is 370 g/mol. The van der Waals surface area contributed by atoms with Crippen LogP contribution in [-0.4, -0.2) is 38.6 Å². The number of pyridine rings is 1. The van der Waals surface area contributed by atoms with Gasteiger partial charge < -0.3 is 5.11 Å². The van der Waals surface area contributed by atoms with E-state index >= 15 is 0 Å². The topological polar surface area (TPSA) is 65.8 Å². The molecule has 2 aromatic rings. The number of aromatic nitrogens is 1. The van der Waals surface area contributed by atoms with Gasteiger partial charge in [-0.3, -0.25) is 9.78 Å². The number of carbonyl (C=O) groups excluding carboxylic acids is 1. The van der Waals surface area contributed by atoms with Crippen LogP contribution in [0.2, 0.25) is 5.02 Å². The van der Waals surface area contributed by atoms with Gasteiger partial charge in [-0.1, -0.05) is 17.7 Å². The lowest BCUT2D eigenvalue weighted by molar-refractivity contribution is -0.297. The third-order valence-corrected chi connectivity index (χ3v) is 3.97. The lowest BCUT2D eigenvalue weighted by Gasteiger charge is -2.32. The zero-order valence-electron chi connectivity index (χ0n) is 12.5. The smallest absolute Gasteiger partial charge is 0.362 e. The second kappa shape index (κ2) is 6.12. The van der Waals surface area contributed by atoms with Gasteiger partial charge in [0.1, 0.15) is 0 Å². The molecule has 0 radical (unpaired) electrons. The van der Waals surface area contributed by atoms with Gasteiger partial charge in [0.05, 0.1) is 12.1 Å². The van der Waals surface area contributed by atoms with Crippen molar-refractivity contribution in [2.24, 2.45) is 5.10 Å². The Morgan fingerprint density at radius 3 is 2.48 bits per heavy atom. The number of hydrogen-bond donors (Lipinski definition) is 1. The summed E-state index contributed by atoms with van der Waals surface area (Å²) < 4.78 is 40.4. The van der Waals surface area contributed by atoms with E-state index < -0.39 is 24.2 Å². The van der Waals surface area contributed by atoms with Crippen molar-refractivity contribution in [3.8, 4) is 0 Å². The lowest BCUT2D eigenvalue weighted by atomic mass is 10.0. The van der Waals surface area contributed by atoms with Crippen molar-refractivity contribution >= 4 is 23.2 Å². The summed E-state index contributed by atoms with van der Waals surface area (Å²) in [5.41, 5.74) is -3.32. The predicted molar refractivity (Wildman–Crippen MR) is 84.0 cm³/mol. The van der Waals surface area contributed by atoms with Crippen LogP contribution in [0.3, 0.4) is 0 Å². The predicted octanol–water partition coefficient (Wildman–Crippen LogP) is 3.24. The highest BCUT2D eigenvalue weighted by atomic mass is 35.5. The van der Waals surface area contributed by atoms with Crippen LogP contribution in [-0.2, 0) is 0 Å². The normalized spacial score (nSPS) is 20.5. The van der Waals surface area contributed by atoms with Gasteiger partial charge in [0, 0.05) is 28.5 Å². The monoisotopic (exact) mass is 369 g/mol. The number of rotatable bonds is 2. The molecule has 0 unspecified atom stereocenters. The van der Waals surface area contributed by atoms with Crippen LogP contribution in [0.5, 0.6) is 0 Å². The summed E-state index contributed by atoms with van der Waals surface area (Å²) in [6, 6.07) is 8.28. The SMILES string of the molecule is O=C(c1ccc(Cl)cc1)N1N=C(c2cccnc2)C[C@]1(O)C(F)(F)F. The van der Waals surface area contributed by atoms with Gasteiger partial charge in [0.2, 0.25) is 0 Å². The van der Waals surface area contributed by atoms with E-state index in [1.54, 1.807) is 0 Å². The van der Waals surface area contributed by atoms with Crippen molar-refractivity contribution in [3.63, 3.8) is 0 Å². The van der Waals surface area contributed by atoms with Crippen molar-refractivity contribution in [3.05, 3.63) is 64.9 Å². The Kier molecular flexibility index (Phi) is 4.26. The molecule has 130 valence electrons. The molecule has 0 aliphatic carbocycles. The molecule has 0 spiro atoms. The number of hydrazone groups is 1. The third kappa shape index (κ3) is 3.10. The minimum absolute atomic E-state index is 0.0680. The summed E-state index contributed by atoms with van der Waals surface area (Å²) in [5, 5.41) is 14.3. The highest BCUT2D eigenvalue weighted by Crippen LogP contribution is 2.41. The molecule has 0 bridgehead atoms. The van der Waals surface area contributed by atoms with Gasteiger partial charge in [0.25, 0.3) is 11.6 Å². The van der Waals surface area contributed by atoms with Crippen molar-refractivity contribution in [1.82, 2.24) is 9.99 Å². The van der Waals surface area contributed by atoms with E-state index in [1.807, 2.05) is 0 Å². The highest BCUT2D eigenvalue weighted by Gasteiger charge is 2.63. The summed E-state index contributed by atoms with van der Waals surface area (Å²) in [5.74, 6) is -1.09. The molecule has 25 heavy (non-hydrogen) atoms. The standard InChI is InChI=1S/C16H11ClF3N3O2/c17-12-5-3-10(4-6-12)14(24)23-15(25,16(18,19)20)8-13(22-23)11-2-1-7-21-9-11/h1-7,9,25H,8H2/t15-/m0/s1. The first-order chi connectivity index (χ1) is 11.7. The maximum absolute atomic E-state index is 13.5. The van der Waals surface area contributed by atoms with Crippen LogP contribution in [0.4, 0.5) is 13.2 Å². The molecule has 3 rings (SSSR count). The number of halogens is 4. The Labute approximate surface area is 145 Å². The van der Waals surface area contributed by atoms with E-state index in [4.69, 9.17) is 11.6 Å². The van der Waals surface area contributed by atoms with Gasteiger partial charge in [-0.05, 0) is 30.3 Å². The Morgan fingerprint density at radius 1 is 1.24 bits per heavy atom. The first-order valence-corrected chi connectivity index (χ1v) is 7.47. The Hall–Kier alpha value is -2.45. The van der Waals surface area contributed by atoms with Crippen molar-refractivity contribution in [1.29, 1.82) is 0 Å². The first kappa shape index (κ1) is 17.4. The van der Waals surface area contributed by atoms with E-state index in [1.165, 1.54) is 48.8 Å².